The van der Waals surface area contributed by atoms with Crippen LogP contribution in [0.15, 0.2) is 41.4 Å². The molecule has 1 aromatic carbocycles. The minimum Gasteiger partial charge on any atom is -0.479 e. The Morgan fingerprint density at radius 1 is 1.24 bits per heavy atom. The second-order valence-corrected chi connectivity index (χ2v) is 10.2. The van der Waals surface area contributed by atoms with E-state index in [1.54, 1.807) is 31.0 Å². The quantitative estimate of drug-likeness (QED) is 0.692. The smallest absolute Gasteiger partial charge is 0.265 e. The van der Waals surface area contributed by atoms with Crippen LogP contribution in [-0.2, 0) is 19.6 Å². The van der Waals surface area contributed by atoms with E-state index in [1.165, 1.54) is 13.1 Å². The molecule has 2 amide bonds. The standard InChI is InChI=1S/C22H27N5O5S/c1-15-12-17-18(32-16(2)22(29)24-17)13-19(15)33(30,31)25(3)14-21(28)27-10-8-26(9-11-27)20-6-4-5-7-23-20/h4-7,12-13,16H,8-11,14H2,1-3H3,(H,24,29). The van der Waals surface area contributed by atoms with Crippen molar-refractivity contribution in [1.82, 2.24) is 14.2 Å². The summed E-state index contributed by atoms with van der Waals surface area (Å²) in [6, 6.07) is 8.67. The summed E-state index contributed by atoms with van der Waals surface area (Å²) in [5.41, 5.74) is 0.884. The molecule has 1 aromatic heterocycles. The van der Waals surface area contributed by atoms with E-state index in [9.17, 15) is 18.0 Å². The zero-order chi connectivity index (χ0) is 23.8. The number of ether oxygens (including phenoxy) is 1. The molecule has 0 saturated carbocycles. The molecule has 2 aliphatic rings. The van der Waals surface area contributed by atoms with Crippen LogP contribution in [0.5, 0.6) is 5.75 Å². The Bertz CT molecular complexity index is 1160. The van der Waals surface area contributed by atoms with Gasteiger partial charge in [0.15, 0.2) is 6.10 Å². The number of nitrogens with zero attached hydrogens (tertiary/aromatic N) is 4. The molecule has 1 saturated heterocycles. The van der Waals surface area contributed by atoms with Crippen molar-refractivity contribution < 1.29 is 22.7 Å². The largest absolute Gasteiger partial charge is 0.479 e. The maximum Gasteiger partial charge on any atom is 0.265 e. The van der Waals surface area contributed by atoms with Gasteiger partial charge < -0.3 is 19.9 Å². The molecule has 0 spiro atoms. The average molecular weight is 474 g/mol. The van der Waals surface area contributed by atoms with Crippen molar-refractivity contribution in [2.24, 2.45) is 0 Å². The molecule has 1 N–H and O–H groups in total. The predicted octanol–water partition coefficient (Wildman–Crippen LogP) is 1.08. The fourth-order valence-corrected chi connectivity index (χ4v) is 5.23. The molecule has 2 aromatic rings. The van der Waals surface area contributed by atoms with Crippen LogP contribution >= 0.6 is 0 Å². The molecule has 11 heteroatoms. The van der Waals surface area contributed by atoms with Gasteiger partial charge in [0.1, 0.15) is 11.6 Å². The molecule has 2 aliphatic heterocycles. The molecule has 176 valence electrons. The summed E-state index contributed by atoms with van der Waals surface area (Å²) < 4.78 is 33.1. The Morgan fingerprint density at radius 3 is 2.64 bits per heavy atom. The number of nitrogens with one attached hydrogen (secondary N) is 1. The number of carbonyl (C=O) groups is 2. The third kappa shape index (κ3) is 4.64. The molecule has 33 heavy (non-hydrogen) atoms. The van der Waals surface area contributed by atoms with Crippen molar-refractivity contribution in [3.05, 3.63) is 42.1 Å². The second kappa shape index (κ2) is 8.99. The van der Waals surface area contributed by atoms with Gasteiger partial charge in [0.25, 0.3) is 5.91 Å². The van der Waals surface area contributed by atoms with Gasteiger partial charge in [0, 0.05) is 45.5 Å². The number of aromatic nitrogens is 1. The molecule has 3 heterocycles. The van der Waals surface area contributed by atoms with Crippen LogP contribution in [0.1, 0.15) is 12.5 Å². The van der Waals surface area contributed by atoms with Gasteiger partial charge in [-0.1, -0.05) is 6.07 Å². The van der Waals surface area contributed by atoms with Crippen LogP contribution in [-0.4, -0.2) is 80.3 Å². The van der Waals surface area contributed by atoms with Gasteiger partial charge in [-0.15, -0.1) is 0 Å². The lowest BCUT2D eigenvalue weighted by molar-refractivity contribution is -0.131. The monoisotopic (exact) mass is 473 g/mol. The lowest BCUT2D eigenvalue weighted by Gasteiger charge is -2.36. The number of carbonyl (C=O) groups excluding carboxylic acids is 2. The van der Waals surface area contributed by atoms with E-state index in [2.05, 4.69) is 15.2 Å². The zero-order valence-corrected chi connectivity index (χ0v) is 19.6. The highest BCUT2D eigenvalue weighted by Gasteiger charge is 2.31. The summed E-state index contributed by atoms with van der Waals surface area (Å²) in [6.07, 6.45) is 1.01. The fourth-order valence-electron chi connectivity index (χ4n) is 3.89. The van der Waals surface area contributed by atoms with Crippen LogP contribution in [0.25, 0.3) is 0 Å². The molecule has 1 fully saturated rings. The first-order valence-electron chi connectivity index (χ1n) is 10.7. The van der Waals surface area contributed by atoms with Crippen LogP contribution in [0, 0.1) is 6.92 Å². The van der Waals surface area contributed by atoms with Gasteiger partial charge in [-0.05, 0) is 37.6 Å². The topological polar surface area (TPSA) is 112 Å². The maximum absolute atomic E-state index is 13.2. The van der Waals surface area contributed by atoms with E-state index >= 15 is 0 Å². The van der Waals surface area contributed by atoms with Crippen molar-refractivity contribution in [2.45, 2.75) is 24.8 Å². The van der Waals surface area contributed by atoms with Crippen molar-refractivity contribution in [1.29, 1.82) is 0 Å². The highest BCUT2D eigenvalue weighted by Crippen LogP contribution is 2.35. The first kappa shape index (κ1) is 23.0. The van der Waals surface area contributed by atoms with Gasteiger partial charge in [0.05, 0.1) is 17.1 Å². The first-order chi connectivity index (χ1) is 15.7. The Morgan fingerprint density at radius 2 is 1.97 bits per heavy atom. The van der Waals surface area contributed by atoms with Crippen LogP contribution < -0.4 is 15.0 Å². The normalized spacial score (nSPS) is 18.5. The van der Waals surface area contributed by atoms with Gasteiger partial charge in [-0.2, -0.15) is 4.31 Å². The number of rotatable bonds is 5. The summed E-state index contributed by atoms with van der Waals surface area (Å²) in [7, 11) is -2.56. The minimum absolute atomic E-state index is 0.0415. The first-order valence-corrected chi connectivity index (χ1v) is 12.1. The second-order valence-electron chi connectivity index (χ2n) is 8.18. The van der Waals surface area contributed by atoms with Crippen LogP contribution in [0.4, 0.5) is 11.5 Å². The van der Waals surface area contributed by atoms with E-state index in [4.69, 9.17) is 4.74 Å². The number of hydrogen-bond acceptors (Lipinski definition) is 7. The zero-order valence-electron chi connectivity index (χ0n) is 18.8. The van der Waals surface area contributed by atoms with Gasteiger partial charge in [-0.25, -0.2) is 13.4 Å². The van der Waals surface area contributed by atoms with E-state index in [1.807, 2.05) is 18.2 Å². The lowest BCUT2D eigenvalue weighted by atomic mass is 10.1. The van der Waals surface area contributed by atoms with Crippen LogP contribution in [0.2, 0.25) is 0 Å². The number of benzene rings is 1. The lowest BCUT2D eigenvalue weighted by Crippen LogP contribution is -2.51. The Kier molecular flexibility index (Phi) is 6.26. The number of anilines is 2. The number of piperazine rings is 1. The minimum atomic E-state index is -3.95. The van der Waals surface area contributed by atoms with Crippen molar-refractivity contribution in [2.75, 3.05) is 50.0 Å². The average Bonchev–Trinajstić information content (AvgIpc) is 2.80. The van der Waals surface area contributed by atoms with Gasteiger partial charge >= 0.3 is 0 Å². The maximum atomic E-state index is 13.2. The van der Waals surface area contributed by atoms with E-state index in [-0.39, 0.29) is 29.0 Å². The third-order valence-corrected chi connectivity index (χ3v) is 7.81. The van der Waals surface area contributed by atoms with Gasteiger partial charge in [0.2, 0.25) is 15.9 Å². The SMILES string of the molecule is Cc1cc2c(cc1S(=O)(=O)N(C)CC(=O)N1CCN(c3ccccn3)CC1)OC(C)C(=O)N2. The van der Waals surface area contributed by atoms with Crippen LogP contribution in [0.3, 0.4) is 0 Å². The van der Waals surface area contributed by atoms with Gasteiger partial charge in [-0.3, -0.25) is 9.59 Å². The van der Waals surface area contributed by atoms with E-state index in [0.717, 1.165) is 10.1 Å². The molecule has 0 aliphatic carbocycles. The fraction of sp³-hybridized carbons (Fsp3) is 0.409. The summed E-state index contributed by atoms with van der Waals surface area (Å²) in [5, 5.41) is 2.71. The summed E-state index contributed by atoms with van der Waals surface area (Å²) in [4.78, 5) is 32.8. The molecule has 0 radical (unpaired) electrons. The molecule has 0 bridgehead atoms. The molecule has 10 nitrogen and oxygen atoms in total. The van der Waals surface area contributed by atoms with E-state index in [0.29, 0.717) is 37.4 Å². The number of fused-ring (bicyclic) bond motifs is 1. The Balaban J connectivity index is 1.43. The van der Waals surface area contributed by atoms with Crippen molar-refractivity contribution in [3.8, 4) is 5.75 Å². The molecular formula is C22H27N5O5S. The van der Waals surface area contributed by atoms with Crippen molar-refractivity contribution in [3.63, 3.8) is 0 Å². The summed E-state index contributed by atoms with van der Waals surface area (Å²) in [5.74, 6) is 0.606. The van der Waals surface area contributed by atoms with Crippen molar-refractivity contribution >= 4 is 33.3 Å². The summed E-state index contributed by atoms with van der Waals surface area (Å²) >= 11 is 0. The number of aryl methyl sites for hydroxylation is 1. The number of amides is 2. The third-order valence-electron chi connectivity index (χ3n) is 5.86. The number of pyridine rings is 1. The van der Waals surface area contributed by atoms with E-state index < -0.39 is 16.1 Å². The number of likely N-dealkylation sites (N-methyl/N-ethyl adjacent to an activating group) is 1. The highest BCUT2D eigenvalue weighted by atomic mass is 32.2. The molecule has 1 atom stereocenters. The highest BCUT2D eigenvalue weighted by molar-refractivity contribution is 7.89. The number of sulfonamides is 1. The predicted molar refractivity (Wildman–Crippen MR) is 123 cm³/mol. The Hall–Kier alpha value is -3.18. The summed E-state index contributed by atoms with van der Waals surface area (Å²) in [6.45, 7) is 5.21. The molecule has 1 unspecified atom stereocenters. The Labute approximate surface area is 193 Å². The number of hydrogen-bond donors (Lipinski definition) is 1. The molecular weight excluding hydrogens is 446 g/mol. The molecule has 4 rings (SSSR count).